The van der Waals surface area contributed by atoms with Crippen molar-refractivity contribution in [3.8, 4) is 0 Å². The van der Waals surface area contributed by atoms with Gasteiger partial charge < -0.3 is 16.4 Å². The number of primary amides is 1. The Balaban J connectivity index is 1.85. The summed E-state index contributed by atoms with van der Waals surface area (Å²) >= 11 is 0. The van der Waals surface area contributed by atoms with Crippen molar-refractivity contribution < 1.29 is 14.4 Å². The number of benzene rings is 2. The molecule has 124 valence electrons. The van der Waals surface area contributed by atoms with Crippen LogP contribution in [0.4, 0.5) is 0 Å². The molecule has 0 aromatic heterocycles. The first-order valence-corrected chi connectivity index (χ1v) is 7.50. The molecular formula is C18H19N3O3. The number of carbonyl (C=O) groups excluding carboxylic acids is 3. The zero-order valence-electron chi connectivity index (χ0n) is 13.1. The predicted molar refractivity (Wildman–Crippen MR) is 89.7 cm³/mol. The molecule has 1 atom stereocenters. The second-order valence-corrected chi connectivity index (χ2v) is 5.25. The lowest BCUT2D eigenvalue weighted by molar-refractivity contribution is -0.128. The van der Waals surface area contributed by atoms with Gasteiger partial charge in [-0.3, -0.25) is 14.4 Å². The Morgan fingerprint density at radius 1 is 0.875 bits per heavy atom. The van der Waals surface area contributed by atoms with Crippen molar-refractivity contribution in [1.82, 2.24) is 10.6 Å². The second kappa shape index (κ2) is 8.47. The van der Waals surface area contributed by atoms with Crippen LogP contribution in [0.5, 0.6) is 0 Å². The summed E-state index contributed by atoms with van der Waals surface area (Å²) in [6, 6.07) is 17.0. The van der Waals surface area contributed by atoms with Gasteiger partial charge in [0, 0.05) is 0 Å². The molecule has 0 heterocycles. The fraction of sp³-hybridized carbons (Fsp3) is 0.167. The van der Waals surface area contributed by atoms with E-state index < -0.39 is 17.9 Å². The van der Waals surface area contributed by atoms with Crippen LogP contribution in [0.15, 0.2) is 60.7 Å². The maximum Gasteiger partial charge on any atom is 0.244 e. The molecule has 2 aromatic rings. The zero-order chi connectivity index (χ0) is 17.4. The average Bonchev–Trinajstić information content (AvgIpc) is 2.59. The molecule has 0 aliphatic rings. The summed E-state index contributed by atoms with van der Waals surface area (Å²) in [7, 11) is 0. The third-order valence-electron chi connectivity index (χ3n) is 3.38. The maximum absolute atomic E-state index is 12.0. The van der Waals surface area contributed by atoms with Crippen LogP contribution >= 0.6 is 0 Å². The van der Waals surface area contributed by atoms with Gasteiger partial charge in [0.05, 0.1) is 13.0 Å². The van der Waals surface area contributed by atoms with E-state index in [9.17, 15) is 14.4 Å². The van der Waals surface area contributed by atoms with E-state index in [1.54, 1.807) is 30.3 Å². The molecule has 2 rings (SSSR count). The summed E-state index contributed by atoms with van der Waals surface area (Å²) < 4.78 is 0. The van der Waals surface area contributed by atoms with E-state index in [-0.39, 0.29) is 18.9 Å². The van der Waals surface area contributed by atoms with E-state index >= 15 is 0 Å². The molecule has 3 amide bonds. The molecule has 0 radical (unpaired) electrons. The van der Waals surface area contributed by atoms with E-state index in [1.165, 1.54) is 0 Å². The van der Waals surface area contributed by atoms with Gasteiger partial charge in [-0.15, -0.1) is 0 Å². The molecular weight excluding hydrogens is 306 g/mol. The Kier molecular flexibility index (Phi) is 6.08. The normalized spacial score (nSPS) is 11.3. The van der Waals surface area contributed by atoms with Crippen molar-refractivity contribution in [3.05, 3.63) is 71.8 Å². The Labute approximate surface area is 140 Å². The molecule has 2 aromatic carbocycles. The lowest BCUT2D eigenvalue weighted by Crippen LogP contribution is -2.43. The molecule has 24 heavy (non-hydrogen) atoms. The standard InChI is InChI=1S/C18H19N3O3/c19-18(24)17(14-9-5-2-6-10-14)21-16(23)12-20-15(22)11-13-7-3-1-4-8-13/h1-10,17H,11-12H2,(H2,19,24)(H,20,22)(H,21,23). The van der Waals surface area contributed by atoms with Gasteiger partial charge in [0.15, 0.2) is 0 Å². The van der Waals surface area contributed by atoms with Crippen molar-refractivity contribution >= 4 is 17.7 Å². The summed E-state index contributed by atoms with van der Waals surface area (Å²) in [6.07, 6.45) is 0.187. The molecule has 0 bridgehead atoms. The van der Waals surface area contributed by atoms with Gasteiger partial charge in [-0.05, 0) is 11.1 Å². The third kappa shape index (κ3) is 5.24. The highest BCUT2D eigenvalue weighted by Crippen LogP contribution is 2.11. The Morgan fingerprint density at radius 2 is 1.46 bits per heavy atom. The van der Waals surface area contributed by atoms with Gasteiger partial charge in [-0.1, -0.05) is 60.7 Å². The minimum absolute atomic E-state index is 0.187. The van der Waals surface area contributed by atoms with E-state index in [2.05, 4.69) is 10.6 Å². The number of amides is 3. The van der Waals surface area contributed by atoms with Crippen LogP contribution in [0.25, 0.3) is 0 Å². The van der Waals surface area contributed by atoms with Crippen LogP contribution in [0.2, 0.25) is 0 Å². The number of rotatable bonds is 7. The summed E-state index contributed by atoms with van der Waals surface area (Å²) in [5.41, 5.74) is 6.78. The minimum Gasteiger partial charge on any atom is -0.368 e. The maximum atomic E-state index is 12.0. The SMILES string of the molecule is NC(=O)C(NC(=O)CNC(=O)Cc1ccccc1)c1ccccc1. The topological polar surface area (TPSA) is 101 Å². The number of hydrogen-bond donors (Lipinski definition) is 3. The second-order valence-electron chi connectivity index (χ2n) is 5.25. The Bertz CT molecular complexity index is 702. The molecule has 0 aliphatic carbocycles. The van der Waals surface area contributed by atoms with E-state index in [0.29, 0.717) is 5.56 Å². The number of nitrogens with two attached hydrogens (primary N) is 1. The van der Waals surface area contributed by atoms with Gasteiger partial charge in [0.1, 0.15) is 6.04 Å². The van der Waals surface area contributed by atoms with Crippen LogP contribution in [0.1, 0.15) is 17.2 Å². The number of nitrogens with one attached hydrogen (secondary N) is 2. The smallest absolute Gasteiger partial charge is 0.244 e. The van der Waals surface area contributed by atoms with Gasteiger partial charge in [0.2, 0.25) is 17.7 Å². The van der Waals surface area contributed by atoms with Gasteiger partial charge in [-0.2, -0.15) is 0 Å². The van der Waals surface area contributed by atoms with Crippen LogP contribution < -0.4 is 16.4 Å². The molecule has 4 N–H and O–H groups in total. The quantitative estimate of drug-likeness (QED) is 0.698. The molecule has 1 unspecified atom stereocenters. The molecule has 0 spiro atoms. The Hall–Kier alpha value is -3.15. The van der Waals surface area contributed by atoms with Crippen molar-refractivity contribution in [2.24, 2.45) is 5.73 Å². The van der Waals surface area contributed by atoms with E-state index in [4.69, 9.17) is 5.73 Å². The average molecular weight is 325 g/mol. The van der Waals surface area contributed by atoms with Gasteiger partial charge in [-0.25, -0.2) is 0 Å². The van der Waals surface area contributed by atoms with Crippen LogP contribution in [0.3, 0.4) is 0 Å². The zero-order valence-corrected chi connectivity index (χ0v) is 13.1. The summed E-state index contributed by atoms with van der Waals surface area (Å²) in [4.78, 5) is 35.3. The van der Waals surface area contributed by atoms with Gasteiger partial charge in [0.25, 0.3) is 0 Å². The predicted octanol–water partition coefficient (Wildman–Crippen LogP) is 0.688. The Morgan fingerprint density at radius 3 is 2.04 bits per heavy atom. The fourth-order valence-corrected chi connectivity index (χ4v) is 2.20. The van der Waals surface area contributed by atoms with E-state index in [0.717, 1.165) is 5.56 Å². The minimum atomic E-state index is -0.926. The van der Waals surface area contributed by atoms with Crippen molar-refractivity contribution in [2.75, 3.05) is 6.54 Å². The lowest BCUT2D eigenvalue weighted by atomic mass is 10.1. The summed E-state index contributed by atoms with van der Waals surface area (Å²) in [5.74, 6) is -1.42. The highest BCUT2D eigenvalue weighted by Gasteiger charge is 2.20. The van der Waals surface area contributed by atoms with Crippen molar-refractivity contribution in [2.45, 2.75) is 12.5 Å². The van der Waals surface area contributed by atoms with Gasteiger partial charge >= 0.3 is 0 Å². The number of hydrogen-bond acceptors (Lipinski definition) is 3. The first-order valence-electron chi connectivity index (χ1n) is 7.50. The first kappa shape index (κ1) is 17.2. The molecule has 6 nitrogen and oxygen atoms in total. The third-order valence-corrected chi connectivity index (χ3v) is 3.38. The monoisotopic (exact) mass is 325 g/mol. The lowest BCUT2D eigenvalue weighted by Gasteiger charge is -2.16. The molecule has 0 fully saturated rings. The van der Waals surface area contributed by atoms with Crippen molar-refractivity contribution in [3.63, 3.8) is 0 Å². The van der Waals surface area contributed by atoms with E-state index in [1.807, 2.05) is 30.3 Å². The molecule has 0 saturated heterocycles. The van der Waals surface area contributed by atoms with Crippen LogP contribution in [-0.4, -0.2) is 24.3 Å². The fourth-order valence-electron chi connectivity index (χ4n) is 2.20. The highest BCUT2D eigenvalue weighted by molar-refractivity contribution is 5.90. The first-order chi connectivity index (χ1) is 11.6. The number of carbonyl (C=O) groups is 3. The summed E-state index contributed by atoms with van der Waals surface area (Å²) in [5, 5.41) is 5.05. The van der Waals surface area contributed by atoms with Crippen LogP contribution in [-0.2, 0) is 20.8 Å². The van der Waals surface area contributed by atoms with Crippen LogP contribution in [0, 0.1) is 0 Å². The highest BCUT2D eigenvalue weighted by atomic mass is 16.2. The summed E-state index contributed by atoms with van der Waals surface area (Å²) in [6.45, 7) is -0.220. The molecule has 0 saturated carbocycles. The largest absolute Gasteiger partial charge is 0.368 e. The molecule has 6 heteroatoms. The van der Waals surface area contributed by atoms with Crippen molar-refractivity contribution in [1.29, 1.82) is 0 Å². The molecule has 0 aliphatic heterocycles.